The molecule has 0 fully saturated rings. The van der Waals surface area contributed by atoms with Crippen molar-refractivity contribution in [2.45, 2.75) is 39.4 Å². The molecule has 5 heteroatoms. The summed E-state index contributed by atoms with van der Waals surface area (Å²) in [6.07, 6.45) is 2.10. The van der Waals surface area contributed by atoms with E-state index in [1.165, 1.54) is 4.57 Å². The van der Waals surface area contributed by atoms with Crippen LogP contribution in [0.2, 0.25) is 0 Å². The maximum absolute atomic E-state index is 12.1. The average molecular weight is 262 g/mol. The van der Waals surface area contributed by atoms with Gasteiger partial charge in [0, 0.05) is 17.8 Å². The predicted octanol–water partition coefficient (Wildman–Crippen LogP) is 2.87. The van der Waals surface area contributed by atoms with Crippen molar-refractivity contribution in [2.75, 3.05) is 0 Å². The Balaban J connectivity index is 2.47. The normalized spacial score (nSPS) is 13.5. The first-order valence-electron chi connectivity index (χ1n) is 6.17. The van der Waals surface area contributed by atoms with E-state index in [1.54, 1.807) is 31.5 Å². The molecular formula is C14H18N2O3. The number of rotatable bonds is 1. The van der Waals surface area contributed by atoms with Crippen molar-refractivity contribution in [3.05, 3.63) is 30.1 Å². The van der Waals surface area contributed by atoms with Crippen LogP contribution in [-0.2, 0) is 4.74 Å². The lowest BCUT2D eigenvalue weighted by molar-refractivity contribution is 0.0543. The van der Waals surface area contributed by atoms with Crippen LogP contribution in [0.1, 0.15) is 39.4 Å². The van der Waals surface area contributed by atoms with Crippen LogP contribution >= 0.6 is 0 Å². The standard InChI is InChI=1S/C14H18N2O3/c1-9(17)10-5-7-15-12-11(10)6-8-16(12)13(18)19-14(2,3)4/h5-9,17H,1-4H3/t9-/m0/s1. The molecule has 2 rings (SSSR count). The van der Waals surface area contributed by atoms with Crippen LogP contribution in [0.4, 0.5) is 4.79 Å². The topological polar surface area (TPSA) is 64.4 Å². The molecule has 5 nitrogen and oxygen atoms in total. The van der Waals surface area contributed by atoms with Crippen LogP contribution in [0.25, 0.3) is 11.0 Å². The first-order valence-corrected chi connectivity index (χ1v) is 6.17. The summed E-state index contributed by atoms with van der Waals surface area (Å²) in [5.74, 6) is 0. The average Bonchev–Trinajstić information content (AvgIpc) is 2.69. The lowest BCUT2D eigenvalue weighted by Crippen LogP contribution is -2.26. The van der Waals surface area contributed by atoms with Gasteiger partial charge in [0.15, 0.2) is 0 Å². The number of aromatic nitrogens is 2. The Morgan fingerprint density at radius 2 is 2.11 bits per heavy atom. The summed E-state index contributed by atoms with van der Waals surface area (Å²) >= 11 is 0. The fraction of sp³-hybridized carbons (Fsp3) is 0.429. The number of hydrogen-bond acceptors (Lipinski definition) is 4. The number of pyridine rings is 1. The molecule has 2 aromatic heterocycles. The second-order valence-corrected chi connectivity index (χ2v) is 5.48. The molecular weight excluding hydrogens is 244 g/mol. The SMILES string of the molecule is C[C@H](O)c1ccnc2c1ccn2C(=O)OC(C)(C)C. The van der Waals surface area contributed by atoms with Crippen LogP contribution < -0.4 is 0 Å². The van der Waals surface area contributed by atoms with Gasteiger partial charge >= 0.3 is 6.09 Å². The number of nitrogens with zero attached hydrogens (tertiary/aromatic N) is 2. The Morgan fingerprint density at radius 3 is 2.68 bits per heavy atom. The Morgan fingerprint density at radius 1 is 1.42 bits per heavy atom. The second kappa shape index (κ2) is 4.66. The lowest BCUT2D eigenvalue weighted by Gasteiger charge is -2.19. The zero-order valence-corrected chi connectivity index (χ0v) is 11.5. The monoisotopic (exact) mass is 262 g/mol. The first kappa shape index (κ1) is 13.5. The molecule has 19 heavy (non-hydrogen) atoms. The highest BCUT2D eigenvalue weighted by molar-refractivity contribution is 5.89. The van der Waals surface area contributed by atoms with E-state index in [2.05, 4.69) is 4.98 Å². The highest BCUT2D eigenvalue weighted by atomic mass is 16.6. The van der Waals surface area contributed by atoms with Gasteiger partial charge in [-0.2, -0.15) is 0 Å². The van der Waals surface area contributed by atoms with E-state index in [0.29, 0.717) is 5.65 Å². The molecule has 0 aliphatic rings. The summed E-state index contributed by atoms with van der Waals surface area (Å²) in [6, 6.07) is 3.50. The van der Waals surface area contributed by atoms with Crippen LogP contribution in [0, 0.1) is 0 Å². The molecule has 0 aliphatic carbocycles. The third kappa shape index (κ3) is 2.76. The molecule has 0 bridgehead atoms. The number of ether oxygens (including phenoxy) is 1. The van der Waals surface area contributed by atoms with Crippen LogP contribution in [-0.4, -0.2) is 26.4 Å². The van der Waals surface area contributed by atoms with Gasteiger partial charge in [0.2, 0.25) is 0 Å². The molecule has 0 amide bonds. The molecule has 2 heterocycles. The molecule has 0 unspecified atom stereocenters. The van der Waals surface area contributed by atoms with Gasteiger partial charge in [-0.3, -0.25) is 0 Å². The highest BCUT2D eigenvalue weighted by Crippen LogP contribution is 2.24. The molecule has 0 radical (unpaired) electrons. The lowest BCUT2D eigenvalue weighted by atomic mass is 10.1. The van der Waals surface area contributed by atoms with Gasteiger partial charge in [-0.25, -0.2) is 14.3 Å². The number of aliphatic hydroxyl groups excluding tert-OH is 1. The van der Waals surface area contributed by atoms with E-state index in [0.717, 1.165) is 10.9 Å². The summed E-state index contributed by atoms with van der Waals surface area (Å²) in [5.41, 5.74) is 0.676. The summed E-state index contributed by atoms with van der Waals surface area (Å²) in [7, 11) is 0. The minimum Gasteiger partial charge on any atom is -0.443 e. The van der Waals surface area contributed by atoms with Gasteiger partial charge in [0.1, 0.15) is 11.2 Å². The van der Waals surface area contributed by atoms with Crippen molar-refractivity contribution in [3.8, 4) is 0 Å². The molecule has 0 aromatic carbocycles. The first-order chi connectivity index (χ1) is 8.79. The zero-order valence-electron chi connectivity index (χ0n) is 11.5. The largest absolute Gasteiger partial charge is 0.443 e. The van der Waals surface area contributed by atoms with Gasteiger partial charge in [-0.15, -0.1) is 0 Å². The third-order valence-corrected chi connectivity index (χ3v) is 2.66. The van der Waals surface area contributed by atoms with Crippen LogP contribution in [0.15, 0.2) is 24.5 Å². The van der Waals surface area contributed by atoms with Crippen molar-refractivity contribution in [3.63, 3.8) is 0 Å². The fourth-order valence-corrected chi connectivity index (χ4v) is 1.88. The maximum atomic E-state index is 12.1. The number of aliphatic hydroxyl groups is 1. The smallest absolute Gasteiger partial charge is 0.420 e. The van der Waals surface area contributed by atoms with Crippen molar-refractivity contribution < 1.29 is 14.6 Å². The van der Waals surface area contributed by atoms with Crippen LogP contribution in [0.5, 0.6) is 0 Å². The van der Waals surface area contributed by atoms with Gasteiger partial charge in [-0.05, 0) is 45.4 Å². The molecule has 1 atom stereocenters. The van der Waals surface area contributed by atoms with Crippen molar-refractivity contribution in [2.24, 2.45) is 0 Å². The van der Waals surface area contributed by atoms with Gasteiger partial charge in [0.05, 0.1) is 6.10 Å². The quantitative estimate of drug-likeness (QED) is 0.858. The Kier molecular flexibility index (Phi) is 3.32. The van der Waals surface area contributed by atoms with Crippen LogP contribution in [0.3, 0.4) is 0 Å². The zero-order chi connectivity index (χ0) is 14.2. The van der Waals surface area contributed by atoms with E-state index in [9.17, 15) is 9.90 Å². The van der Waals surface area contributed by atoms with E-state index >= 15 is 0 Å². The summed E-state index contributed by atoms with van der Waals surface area (Å²) in [4.78, 5) is 16.2. The van der Waals surface area contributed by atoms with Crippen molar-refractivity contribution in [1.29, 1.82) is 0 Å². The van der Waals surface area contributed by atoms with Gasteiger partial charge in [-0.1, -0.05) is 0 Å². The number of carbonyl (C=O) groups is 1. The van der Waals surface area contributed by atoms with E-state index in [1.807, 2.05) is 20.8 Å². The molecule has 102 valence electrons. The third-order valence-electron chi connectivity index (χ3n) is 2.66. The fourth-order valence-electron chi connectivity index (χ4n) is 1.88. The number of hydrogen-bond donors (Lipinski definition) is 1. The van der Waals surface area contributed by atoms with E-state index < -0.39 is 17.8 Å². The van der Waals surface area contributed by atoms with Gasteiger partial charge in [0.25, 0.3) is 0 Å². The highest BCUT2D eigenvalue weighted by Gasteiger charge is 2.20. The number of carbonyl (C=O) groups excluding carboxylic acids is 1. The predicted molar refractivity (Wildman–Crippen MR) is 72.0 cm³/mol. The maximum Gasteiger partial charge on any atom is 0.420 e. The minimum atomic E-state index is -0.611. The summed E-state index contributed by atoms with van der Waals surface area (Å²) < 4.78 is 6.67. The minimum absolute atomic E-state index is 0.474. The molecule has 2 aromatic rings. The Bertz CT molecular complexity index is 609. The van der Waals surface area contributed by atoms with Gasteiger partial charge < -0.3 is 9.84 Å². The Labute approximate surface area is 111 Å². The van der Waals surface area contributed by atoms with E-state index in [-0.39, 0.29) is 0 Å². The summed E-state index contributed by atoms with van der Waals surface area (Å²) in [5, 5.41) is 10.5. The van der Waals surface area contributed by atoms with E-state index in [4.69, 9.17) is 4.74 Å². The Hall–Kier alpha value is -1.88. The summed E-state index contributed by atoms with van der Waals surface area (Å²) in [6.45, 7) is 7.11. The van der Waals surface area contributed by atoms with Crippen molar-refractivity contribution in [1.82, 2.24) is 9.55 Å². The second-order valence-electron chi connectivity index (χ2n) is 5.48. The van der Waals surface area contributed by atoms with Crippen molar-refractivity contribution >= 4 is 17.1 Å². The number of fused-ring (bicyclic) bond motifs is 1. The molecule has 0 saturated carbocycles. The molecule has 0 saturated heterocycles. The molecule has 1 N–H and O–H groups in total. The molecule has 0 aliphatic heterocycles. The molecule has 0 spiro atoms.